The molecule has 0 radical (unpaired) electrons. The zero-order valence-corrected chi connectivity index (χ0v) is 14.2. The van der Waals surface area contributed by atoms with Crippen LogP contribution in [0.3, 0.4) is 0 Å². The molecule has 0 atom stereocenters. The topological polar surface area (TPSA) is 58.2 Å². The lowest BCUT2D eigenvalue weighted by atomic mass is 10.1. The predicted octanol–water partition coefficient (Wildman–Crippen LogP) is 2.64. The van der Waals surface area contributed by atoms with Gasteiger partial charge in [0, 0.05) is 19.6 Å². The maximum atomic E-state index is 13.1. The largest absolute Gasteiger partial charge is 0.309 e. The van der Waals surface area contributed by atoms with E-state index in [1.54, 1.807) is 6.92 Å². The molecule has 0 aromatic heterocycles. The third kappa shape index (κ3) is 3.90. The summed E-state index contributed by atoms with van der Waals surface area (Å²) in [4.78, 5) is 0.108. The van der Waals surface area contributed by atoms with Crippen LogP contribution in [0.15, 0.2) is 41.3 Å². The Morgan fingerprint density at radius 1 is 1.13 bits per heavy atom. The van der Waals surface area contributed by atoms with Crippen molar-refractivity contribution in [2.45, 2.75) is 31.5 Å². The molecule has 0 fully saturated rings. The van der Waals surface area contributed by atoms with Crippen molar-refractivity contribution in [3.63, 3.8) is 0 Å². The summed E-state index contributed by atoms with van der Waals surface area (Å²) in [6.45, 7) is 3.47. The second kappa shape index (κ2) is 6.97. The van der Waals surface area contributed by atoms with E-state index in [1.807, 2.05) is 18.2 Å². The normalized spacial score (nSPS) is 13.5. The molecular weight excluding hydrogens is 339 g/mol. The quantitative estimate of drug-likeness (QED) is 0.885. The molecule has 1 heterocycles. The van der Waals surface area contributed by atoms with Gasteiger partial charge < -0.3 is 5.32 Å². The third-order valence-electron chi connectivity index (χ3n) is 3.79. The minimum atomic E-state index is -3.65. The van der Waals surface area contributed by atoms with Crippen LogP contribution in [0, 0.1) is 12.7 Å². The van der Waals surface area contributed by atoms with Crippen LogP contribution in [0.5, 0.6) is 0 Å². The standard InChI is InChI=1S/C16H17FN2O2S.ClH/c1-11-6-15(17)4-5-16(11)22(20,21)19-8-12-2-3-13-9-18-10-14(13)7-12;/h2-7,18-19H,8-10H2,1H3;1H. The number of aryl methyl sites for hydroxylation is 1. The molecule has 7 heteroatoms. The molecular formula is C16H18ClFN2O2S. The van der Waals surface area contributed by atoms with Crippen molar-refractivity contribution in [2.75, 3.05) is 0 Å². The molecule has 1 aliphatic rings. The van der Waals surface area contributed by atoms with Crippen LogP contribution in [-0.4, -0.2) is 8.42 Å². The number of hydrogen-bond acceptors (Lipinski definition) is 3. The van der Waals surface area contributed by atoms with Gasteiger partial charge >= 0.3 is 0 Å². The second-order valence-electron chi connectivity index (χ2n) is 5.44. The second-order valence-corrected chi connectivity index (χ2v) is 7.18. The molecule has 2 N–H and O–H groups in total. The number of fused-ring (bicyclic) bond motifs is 1. The lowest BCUT2D eigenvalue weighted by molar-refractivity contribution is 0.579. The first-order valence-corrected chi connectivity index (χ1v) is 8.51. The monoisotopic (exact) mass is 356 g/mol. The molecule has 0 aliphatic carbocycles. The van der Waals surface area contributed by atoms with Gasteiger partial charge in [0.15, 0.2) is 0 Å². The van der Waals surface area contributed by atoms with E-state index in [-0.39, 0.29) is 23.8 Å². The summed E-state index contributed by atoms with van der Waals surface area (Å²) in [7, 11) is -3.65. The van der Waals surface area contributed by atoms with E-state index < -0.39 is 15.8 Å². The van der Waals surface area contributed by atoms with Gasteiger partial charge in [0.1, 0.15) is 5.82 Å². The molecule has 0 bridgehead atoms. The Hall–Kier alpha value is -1.47. The summed E-state index contributed by atoms with van der Waals surface area (Å²) in [5, 5.41) is 3.25. The minimum absolute atomic E-state index is 0. The third-order valence-corrected chi connectivity index (χ3v) is 5.36. The average molecular weight is 357 g/mol. The molecule has 0 amide bonds. The van der Waals surface area contributed by atoms with Crippen molar-refractivity contribution < 1.29 is 12.8 Å². The Morgan fingerprint density at radius 3 is 2.61 bits per heavy atom. The number of benzene rings is 2. The Balaban J connectivity index is 0.00000192. The molecule has 0 saturated heterocycles. The fourth-order valence-corrected chi connectivity index (χ4v) is 3.87. The number of nitrogens with one attached hydrogen (secondary N) is 2. The molecule has 0 unspecified atom stereocenters. The van der Waals surface area contributed by atoms with Gasteiger partial charge in [0.05, 0.1) is 4.90 Å². The van der Waals surface area contributed by atoms with Crippen LogP contribution >= 0.6 is 12.4 Å². The molecule has 3 rings (SSSR count). The van der Waals surface area contributed by atoms with Crippen molar-refractivity contribution in [3.8, 4) is 0 Å². The number of hydrogen-bond donors (Lipinski definition) is 2. The summed E-state index contributed by atoms with van der Waals surface area (Å²) in [5.41, 5.74) is 3.76. The number of halogens is 2. The summed E-state index contributed by atoms with van der Waals surface area (Å²) in [6, 6.07) is 9.61. The first-order valence-electron chi connectivity index (χ1n) is 7.03. The highest BCUT2D eigenvalue weighted by Gasteiger charge is 2.17. The average Bonchev–Trinajstić information content (AvgIpc) is 2.92. The van der Waals surface area contributed by atoms with E-state index in [2.05, 4.69) is 10.0 Å². The lowest BCUT2D eigenvalue weighted by Gasteiger charge is -2.10. The minimum Gasteiger partial charge on any atom is -0.309 e. The summed E-state index contributed by atoms with van der Waals surface area (Å²) in [6.07, 6.45) is 0. The molecule has 124 valence electrons. The lowest BCUT2D eigenvalue weighted by Crippen LogP contribution is -2.24. The zero-order valence-electron chi connectivity index (χ0n) is 12.6. The SMILES string of the molecule is Cc1cc(F)ccc1S(=O)(=O)NCc1ccc2c(c1)CNC2.Cl. The highest BCUT2D eigenvalue weighted by Crippen LogP contribution is 2.19. The van der Waals surface area contributed by atoms with Crippen molar-refractivity contribution in [1.29, 1.82) is 0 Å². The fraction of sp³-hybridized carbons (Fsp3) is 0.250. The summed E-state index contributed by atoms with van der Waals surface area (Å²) >= 11 is 0. The Morgan fingerprint density at radius 2 is 1.87 bits per heavy atom. The van der Waals surface area contributed by atoms with Gasteiger partial charge in [-0.2, -0.15) is 0 Å². The molecule has 0 spiro atoms. The van der Waals surface area contributed by atoms with Crippen molar-refractivity contribution in [1.82, 2.24) is 10.0 Å². The van der Waals surface area contributed by atoms with Crippen LogP contribution in [0.2, 0.25) is 0 Å². The molecule has 0 saturated carbocycles. The Labute approximate surface area is 141 Å². The first kappa shape index (κ1) is 17.9. The van der Waals surface area contributed by atoms with E-state index in [0.29, 0.717) is 5.56 Å². The van der Waals surface area contributed by atoms with E-state index in [9.17, 15) is 12.8 Å². The fourth-order valence-electron chi connectivity index (χ4n) is 2.63. The molecule has 1 aliphatic heterocycles. The van der Waals surface area contributed by atoms with Gasteiger partial charge in [-0.15, -0.1) is 12.4 Å². The van der Waals surface area contributed by atoms with Gasteiger partial charge in [-0.1, -0.05) is 18.2 Å². The first-order chi connectivity index (χ1) is 10.5. The molecule has 2 aromatic rings. The molecule has 2 aromatic carbocycles. The van der Waals surface area contributed by atoms with Crippen molar-refractivity contribution in [3.05, 3.63) is 64.5 Å². The molecule has 4 nitrogen and oxygen atoms in total. The highest BCUT2D eigenvalue weighted by atomic mass is 35.5. The van der Waals surface area contributed by atoms with E-state index in [0.717, 1.165) is 24.7 Å². The maximum absolute atomic E-state index is 13.1. The predicted molar refractivity (Wildman–Crippen MR) is 89.4 cm³/mol. The number of rotatable bonds is 4. The maximum Gasteiger partial charge on any atom is 0.241 e. The summed E-state index contributed by atoms with van der Waals surface area (Å²) < 4.78 is 40.3. The van der Waals surface area contributed by atoms with Crippen molar-refractivity contribution in [2.24, 2.45) is 0 Å². The van der Waals surface area contributed by atoms with Crippen LogP contribution < -0.4 is 10.0 Å². The van der Waals surface area contributed by atoms with Crippen LogP contribution in [-0.2, 0) is 29.7 Å². The van der Waals surface area contributed by atoms with E-state index in [1.165, 1.54) is 23.3 Å². The smallest absolute Gasteiger partial charge is 0.241 e. The van der Waals surface area contributed by atoms with Gasteiger partial charge in [-0.25, -0.2) is 17.5 Å². The summed E-state index contributed by atoms with van der Waals surface area (Å²) in [5.74, 6) is -0.442. The Kier molecular flexibility index (Phi) is 5.41. The van der Waals surface area contributed by atoms with Gasteiger partial charge in [0.25, 0.3) is 0 Å². The van der Waals surface area contributed by atoms with Crippen LogP contribution in [0.1, 0.15) is 22.3 Å². The highest BCUT2D eigenvalue weighted by molar-refractivity contribution is 7.89. The molecule has 23 heavy (non-hydrogen) atoms. The van der Waals surface area contributed by atoms with E-state index >= 15 is 0 Å². The van der Waals surface area contributed by atoms with Gasteiger partial charge in [-0.3, -0.25) is 0 Å². The van der Waals surface area contributed by atoms with Gasteiger partial charge in [0.2, 0.25) is 10.0 Å². The van der Waals surface area contributed by atoms with Crippen molar-refractivity contribution >= 4 is 22.4 Å². The van der Waals surface area contributed by atoms with E-state index in [4.69, 9.17) is 0 Å². The van der Waals surface area contributed by atoms with Crippen LogP contribution in [0.4, 0.5) is 4.39 Å². The zero-order chi connectivity index (χ0) is 15.7. The van der Waals surface area contributed by atoms with Crippen LogP contribution in [0.25, 0.3) is 0 Å². The number of sulfonamides is 1. The Bertz CT molecular complexity index is 825. The van der Waals surface area contributed by atoms with Gasteiger partial charge in [-0.05, 0) is 47.4 Å².